The van der Waals surface area contributed by atoms with Gasteiger partial charge in [-0.15, -0.1) is 5.11 Å². The van der Waals surface area contributed by atoms with Gasteiger partial charge < -0.3 is 9.73 Å². The monoisotopic (exact) mass is 441 g/mol. The second-order valence-corrected chi connectivity index (χ2v) is 7.86. The van der Waals surface area contributed by atoms with Crippen LogP contribution >= 0.6 is 23.4 Å². The third kappa shape index (κ3) is 4.44. The van der Waals surface area contributed by atoms with Gasteiger partial charge in [0.1, 0.15) is 5.58 Å². The highest BCUT2D eigenvalue weighted by atomic mass is 35.5. The van der Waals surface area contributed by atoms with Crippen molar-refractivity contribution in [3.8, 4) is 0 Å². The second kappa shape index (κ2) is 7.77. The summed E-state index contributed by atoms with van der Waals surface area (Å²) in [6.45, 7) is 2.42. The number of hydrogen-bond acceptors (Lipinski definition) is 7. The minimum atomic E-state index is -4.37. The molecular weight excluding hydrogens is 427 g/mol. The number of fused-ring (bicyclic) bond motifs is 1. The van der Waals surface area contributed by atoms with Crippen LogP contribution in [0.2, 0.25) is 5.02 Å². The number of nitrogens with zero attached hydrogens (tertiary/aromatic N) is 2. The highest BCUT2D eigenvalue weighted by Crippen LogP contribution is 2.41. The Bertz CT molecular complexity index is 1090. The number of benzene rings is 2. The van der Waals surface area contributed by atoms with Crippen molar-refractivity contribution in [2.24, 2.45) is 10.3 Å². The van der Waals surface area contributed by atoms with E-state index >= 15 is 0 Å². The van der Waals surface area contributed by atoms with Crippen LogP contribution in [0.1, 0.15) is 23.1 Å². The highest BCUT2D eigenvalue weighted by molar-refractivity contribution is 8.00. The van der Waals surface area contributed by atoms with Crippen molar-refractivity contribution in [1.29, 1.82) is 0 Å². The van der Waals surface area contributed by atoms with Crippen molar-refractivity contribution in [1.82, 2.24) is 11.0 Å². The van der Waals surface area contributed by atoms with E-state index in [9.17, 15) is 13.2 Å². The molecule has 3 aromatic rings. The van der Waals surface area contributed by atoms with Gasteiger partial charge in [0.05, 0.1) is 5.02 Å². The molecule has 29 heavy (non-hydrogen) atoms. The fourth-order valence-corrected chi connectivity index (χ4v) is 3.84. The molecule has 0 fully saturated rings. The van der Waals surface area contributed by atoms with Gasteiger partial charge in [-0.2, -0.15) is 18.6 Å². The largest absolute Gasteiger partial charge is 0.457 e. The van der Waals surface area contributed by atoms with Crippen LogP contribution in [-0.4, -0.2) is 5.51 Å². The molecule has 0 amide bonds. The number of alkyl halides is 3. The third-order valence-electron chi connectivity index (χ3n) is 4.36. The number of thioether (sulfide) groups is 1. The number of hydrogen-bond donors (Lipinski definition) is 3. The lowest BCUT2D eigenvalue weighted by Gasteiger charge is -2.11. The Hall–Kier alpha value is -2.43. The Kier molecular flexibility index (Phi) is 5.32. The van der Waals surface area contributed by atoms with Crippen LogP contribution < -0.4 is 16.3 Å². The molecule has 152 valence electrons. The van der Waals surface area contributed by atoms with Crippen LogP contribution in [0, 0.1) is 6.92 Å². The number of furan rings is 1. The summed E-state index contributed by atoms with van der Waals surface area (Å²) in [5, 5.41) is 11.9. The topological polar surface area (TPSA) is 74.0 Å². The standard InChI is InChI=1S/C18H15ClF3N5OS/c1-9-12-6-10(2-4-14(12)28-16(9)17-24-26-27-25-17)8-23-11-3-5-15(13(19)7-11)29-18(20,21)22/h2-7,17,23H,8H2,1H3,(H,24,27)(H,25,26). The first-order valence-electron chi connectivity index (χ1n) is 8.51. The molecule has 0 saturated heterocycles. The van der Waals surface area contributed by atoms with Crippen molar-refractivity contribution >= 4 is 40.0 Å². The minimum absolute atomic E-state index is 0.0279. The molecule has 1 aromatic heterocycles. The molecule has 0 radical (unpaired) electrons. The summed E-state index contributed by atoms with van der Waals surface area (Å²) < 4.78 is 43.4. The van der Waals surface area contributed by atoms with E-state index in [4.69, 9.17) is 16.0 Å². The second-order valence-electron chi connectivity index (χ2n) is 6.34. The van der Waals surface area contributed by atoms with Crippen LogP contribution in [0.25, 0.3) is 11.0 Å². The average molecular weight is 442 g/mol. The van der Waals surface area contributed by atoms with Gasteiger partial charge in [0.2, 0.25) is 0 Å². The van der Waals surface area contributed by atoms with E-state index in [-0.39, 0.29) is 27.8 Å². The summed E-state index contributed by atoms with van der Waals surface area (Å²) in [5.41, 5.74) is 4.40. The predicted molar refractivity (Wildman–Crippen MR) is 106 cm³/mol. The summed E-state index contributed by atoms with van der Waals surface area (Å²) in [5.74, 6) is 0.684. The van der Waals surface area contributed by atoms with E-state index in [0.29, 0.717) is 18.0 Å². The molecule has 11 heteroatoms. The van der Waals surface area contributed by atoms with Gasteiger partial charge in [0.25, 0.3) is 0 Å². The van der Waals surface area contributed by atoms with Gasteiger partial charge in [0.15, 0.2) is 11.9 Å². The Balaban J connectivity index is 1.49. The van der Waals surface area contributed by atoms with Crippen molar-refractivity contribution < 1.29 is 17.6 Å². The number of hydrazine groups is 1. The summed E-state index contributed by atoms with van der Waals surface area (Å²) in [6.07, 6.45) is -0.376. The molecule has 6 nitrogen and oxygen atoms in total. The van der Waals surface area contributed by atoms with Crippen molar-refractivity contribution in [3.63, 3.8) is 0 Å². The highest BCUT2D eigenvalue weighted by Gasteiger charge is 2.30. The molecule has 2 heterocycles. The Morgan fingerprint density at radius 1 is 1.24 bits per heavy atom. The fraction of sp³-hybridized carbons (Fsp3) is 0.222. The maximum Gasteiger partial charge on any atom is 0.446 e. The maximum atomic E-state index is 12.5. The van der Waals surface area contributed by atoms with Gasteiger partial charge in [-0.1, -0.05) is 22.9 Å². The third-order valence-corrected chi connectivity index (χ3v) is 5.60. The van der Waals surface area contributed by atoms with Crippen LogP contribution in [0.5, 0.6) is 0 Å². The summed E-state index contributed by atoms with van der Waals surface area (Å²) >= 11 is 5.75. The predicted octanol–water partition coefficient (Wildman–Crippen LogP) is 6.09. The van der Waals surface area contributed by atoms with Gasteiger partial charge in [-0.05, 0) is 54.6 Å². The molecule has 3 N–H and O–H groups in total. The van der Waals surface area contributed by atoms with E-state index in [1.165, 1.54) is 12.1 Å². The van der Waals surface area contributed by atoms with Gasteiger partial charge in [-0.25, -0.2) is 5.53 Å². The van der Waals surface area contributed by atoms with Gasteiger partial charge in [-0.3, -0.25) is 0 Å². The normalized spacial score (nSPS) is 16.4. The average Bonchev–Trinajstić information content (AvgIpc) is 3.29. The lowest BCUT2D eigenvalue weighted by atomic mass is 10.1. The lowest BCUT2D eigenvalue weighted by Crippen LogP contribution is -2.24. The smallest absolute Gasteiger partial charge is 0.446 e. The zero-order chi connectivity index (χ0) is 20.6. The molecule has 1 atom stereocenters. The zero-order valence-electron chi connectivity index (χ0n) is 15.0. The van der Waals surface area contributed by atoms with Gasteiger partial charge >= 0.3 is 5.51 Å². The molecule has 4 rings (SSSR count). The number of rotatable bonds is 5. The van der Waals surface area contributed by atoms with Crippen LogP contribution in [0.4, 0.5) is 18.9 Å². The molecule has 0 aliphatic carbocycles. The number of halogens is 4. The van der Waals surface area contributed by atoms with E-state index in [2.05, 4.69) is 26.6 Å². The number of nitrogens with one attached hydrogen (secondary N) is 3. The van der Waals surface area contributed by atoms with Crippen LogP contribution in [0.15, 0.2) is 56.0 Å². The molecule has 0 bridgehead atoms. The van der Waals surface area contributed by atoms with E-state index in [1.807, 2.05) is 25.1 Å². The Labute approximate surface area is 172 Å². The molecular formula is C18H15ClF3N5OS. The molecule has 0 saturated carbocycles. The Morgan fingerprint density at radius 2 is 2.07 bits per heavy atom. The maximum absolute atomic E-state index is 12.5. The first-order valence-corrected chi connectivity index (χ1v) is 9.71. The fourth-order valence-electron chi connectivity index (χ4n) is 3.00. The van der Waals surface area contributed by atoms with Crippen molar-refractivity contribution in [3.05, 3.63) is 58.3 Å². The first-order chi connectivity index (χ1) is 13.8. The zero-order valence-corrected chi connectivity index (χ0v) is 16.5. The summed E-state index contributed by atoms with van der Waals surface area (Å²) in [6, 6.07) is 10.2. The first kappa shape index (κ1) is 19.9. The van der Waals surface area contributed by atoms with Crippen molar-refractivity contribution in [2.75, 3.05) is 5.32 Å². The minimum Gasteiger partial charge on any atom is -0.457 e. The number of anilines is 1. The lowest BCUT2D eigenvalue weighted by molar-refractivity contribution is -0.0328. The Morgan fingerprint density at radius 3 is 2.76 bits per heavy atom. The molecule has 1 aliphatic heterocycles. The molecule has 2 aromatic carbocycles. The molecule has 1 unspecified atom stereocenters. The quantitative estimate of drug-likeness (QED) is 0.418. The SMILES string of the molecule is Cc1c(C2N=NNN2)oc2ccc(CNc3ccc(SC(F)(F)F)c(Cl)c3)cc12. The van der Waals surface area contributed by atoms with Crippen molar-refractivity contribution in [2.45, 2.75) is 30.0 Å². The summed E-state index contributed by atoms with van der Waals surface area (Å²) in [4.78, 5) is -0.0279. The van der Waals surface area contributed by atoms with E-state index in [0.717, 1.165) is 22.1 Å². The van der Waals surface area contributed by atoms with Crippen LogP contribution in [0.3, 0.4) is 0 Å². The number of aryl methyl sites for hydroxylation is 1. The van der Waals surface area contributed by atoms with Crippen LogP contribution in [-0.2, 0) is 6.54 Å². The molecule has 1 aliphatic rings. The van der Waals surface area contributed by atoms with E-state index in [1.54, 1.807) is 6.07 Å². The van der Waals surface area contributed by atoms with Gasteiger partial charge in [0, 0.05) is 28.1 Å². The molecule has 0 spiro atoms. The van der Waals surface area contributed by atoms with E-state index < -0.39 is 5.51 Å². The summed E-state index contributed by atoms with van der Waals surface area (Å²) in [7, 11) is 0.